The third kappa shape index (κ3) is 1.46. The predicted molar refractivity (Wildman–Crippen MR) is 47.4 cm³/mol. The summed E-state index contributed by atoms with van der Waals surface area (Å²) in [5.74, 6) is 2.29. The minimum atomic E-state index is -1.26. The Labute approximate surface area is 72.3 Å². The maximum atomic E-state index is 9.68. The number of aromatic nitrogens is 1. The zero-order chi connectivity index (χ0) is 9.19. The maximum absolute atomic E-state index is 9.68. The number of aryl methyl sites for hydroxylation is 1. The van der Waals surface area contributed by atoms with Crippen LogP contribution in [0, 0.1) is 19.3 Å². The van der Waals surface area contributed by atoms with E-state index in [4.69, 9.17) is 6.42 Å². The molecule has 0 aliphatic rings. The maximum Gasteiger partial charge on any atom is 0.164 e. The fraction of sp³-hybridized carbons (Fsp3) is 0.300. The molecule has 1 aromatic rings. The number of aliphatic hydroxyl groups is 1. The molecular weight excluding hydrogens is 150 g/mol. The molecule has 0 saturated carbocycles. The van der Waals surface area contributed by atoms with E-state index in [2.05, 4.69) is 10.9 Å². The SMILES string of the molecule is C#CC(C)(O)c1ncccc1C. The molecule has 12 heavy (non-hydrogen) atoms. The van der Waals surface area contributed by atoms with Gasteiger partial charge in [-0.25, -0.2) is 0 Å². The fourth-order valence-electron chi connectivity index (χ4n) is 1.06. The van der Waals surface area contributed by atoms with Gasteiger partial charge in [0.1, 0.15) is 0 Å². The Morgan fingerprint density at radius 2 is 2.33 bits per heavy atom. The number of nitrogens with zero attached hydrogens (tertiary/aromatic N) is 1. The van der Waals surface area contributed by atoms with Gasteiger partial charge in [0.15, 0.2) is 5.60 Å². The van der Waals surface area contributed by atoms with E-state index < -0.39 is 5.60 Å². The van der Waals surface area contributed by atoms with Crippen LogP contribution in [0.3, 0.4) is 0 Å². The van der Waals surface area contributed by atoms with Gasteiger partial charge in [-0.05, 0) is 25.5 Å². The van der Waals surface area contributed by atoms with Crippen LogP contribution in [0.1, 0.15) is 18.2 Å². The van der Waals surface area contributed by atoms with Crippen molar-refractivity contribution in [2.75, 3.05) is 0 Å². The van der Waals surface area contributed by atoms with E-state index in [0.717, 1.165) is 5.56 Å². The molecule has 1 heterocycles. The highest BCUT2D eigenvalue weighted by Crippen LogP contribution is 2.19. The summed E-state index contributed by atoms with van der Waals surface area (Å²) >= 11 is 0. The molecule has 0 amide bonds. The Hall–Kier alpha value is -1.33. The van der Waals surface area contributed by atoms with Crippen molar-refractivity contribution in [2.45, 2.75) is 19.4 Å². The molecule has 1 N–H and O–H groups in total. The lowest BCUT2D eigenvalue weighted by Crippen LogP contribution is -2.21. The van der Waals surface area contributed by atoms with Crippen LogP contribution in [0.4, 0.5) is 0 Å². The van der Waals surface area contributed by atoms with Crippen molar-refractivity contribution in [3.05, 3.63) is 29.6 Å². The van der Waals surface area contributed by atoms with Crippen molar-refractivity contribution in [3.8, 4) is 12.3 Å². The summed E-state index contributed by atoms with van der Waals surface area (Å²) in [6, 6.07) is 3.68. The summed E-state index contributed by atoms with van der Waals surface area (Å²) in [6.45, 7) is 3.43. The second-order valence-electron chi connectivity index (χ2n) is 2.89. The molecule has 1 rings (SSSR count). The minimum absolute atomic E-state index is 0.549. The molecule has 1 aromatic heterocycles. The first-order valence-electron chi connectivity index (χ1n) is 3.70. The zero-order valence-corrected chi connectivity index (χ0v) is 7.20. The van der Waals surface area contributed by atoms with E-state index in [1.54, 1.807) is 13.1 Å². The Balaban J connectivity index is 3.22. The molecule has 1 atom stereocenters. The Morgan fingerprint density at radius 3 is 2.83 bits per heavy atom. The molecule has 0 spiro atoms. The van der Waals surface area contributed by atoms with Gasteiger partial charge in [-0.1, -0.05) is 12.0 Å². The van der Waals surface area contributed by atoms with Gasteiger partial charge in [0.05, 0.1) is 5.69 Å². The van der Waals surface area contributed by atoms with Crippen molar-refractivity contribution in [1.82, 2.24) is 4.98 Å². The molecule has 0 saturated heterocycles. The highest BCUT2D eigenvalue weighted by molar-refractivity contribution is 5.29. The second-order valence-corrected chi connectivity index (χ2v) is 2.89. The smallest absolute Gasteiger partial charge is 0.164 e. The average molecular weight is 161 g/mol. The van der Waals surface area contributed by atoms with Crippen LogP contribution in [0.25, 0.3) is 0 Å². The first-order chi connectivity index (χ1) is 5.58. The minimum Gasteiger partial charge on any atom is -0.372 e. The lowest BCUT2D eigenvalue weighted by Gasteiger charge is -2.17. The van der Waals surface area contributed by atoms with Gasteiger partial charge in [-0.15, -0.1) is 6.42 Å². The monoisotopic (exact) mass is 161 g/mol. The highest BCUT2D eigenvalue weighted by atomic mass is 16.3. The number of pyridine rings is 1. The van der Waals surface area contributed by atoms with Crippen LogP contribution in [0.15, 0.2) is 18.3 Å². The Bertz CT molecular complexity index is 323. The molecule has 0 bridgehead atoms. The van der Waals surface area contributed by atoms with Gasteiger partial charge in [0, 0.05) is 6.20 Å². The largest absolute Gasteiger partial charge is 0.372 e. The van der Waals surface area contributed by atoms with Gasteiger partial charge in [0.2, 0.25) is 0 Å². The number of rotatable bonds is 1. The summed E-state index contributed by atoms with van der Waals surface area (Å²) in [5, 5.41) is 9.68. The van der Waals surface area contributed by atoms with Crippen LogP contribution in [0.2, 0.25) is 0 Å². The Kier molecular flexibility index (Phi) is 2.16. The van der Waals surface area contributed by atoms with E-state index in [0.29, 0.717) is 5.69 Å². The van der Waals surface area contributed by atoms with Crippen LogP contribution in [0.5, 0.6) is 0 Å². The normalized spacial score (nSPS) is 14.8. The van der Waals surface area contributed by atoms with E-state index in [1.165, 1.54) is 0 Å². The summed E-state index contributed by atoms with van der Waals surface area (Å²) in [4.78, 5) is 4.03. The molecule has 0 aromatic carbocycles. The van der Waals surface area contributed by atoms with Gasteiger partial charge >= 0.3 is 0 Å². The van der Waals surface area contributed by atoms with E-state index >= 15 is 0 Å². The van der Waals surface area contributed by atoms with E-state index in [-0.39, 0.29) is 0 Å². The Morgan fingerprint density at radius 1 is 1.67 bits per heavy atom. The summed E-state index contributed by atoms with van der Waals surface area (Å²) < 4.78 is 0. The topological polar surface area (TPSA) is 33.1 Å². The first kappa shape index (κ1) is 8.76. The molecular formula is C10H11NO. The third-order valence-corrected chi connectivity index (χ3v) is 1.75. The molecule has 0 radical (unpaired) electrons. The standard InChI is InChI=1S/C10H11NO/c1-4-10(3,12)9-8(2)6-5-7-11-9/h1,5-7,12H,2-3H3. The van der Waals surface area contributed by atoms with Gasteiger partial charge < -0.3 is 5.11 Å². The summed E-state index contributed by atoms with van der Waals surface area (Å²) in [5.41, 5.74) is 0.193. The molecule has 0 fully saturated rings. The molecule has 0 aliphatic carbocycles. The van der Waals surface area contributed by atoms with Crippen molar-refractivity contribution in [3.63, 3.8) is 0 Å². The third-order valence-electron chi connectivity index (χ3n) is 1.75. The number of terminal acetylenes is 1. The second kappa shape index (κ2) is 2.96. The molecule has 2 nitrogen and oxygen atoms in total. The quantitative estimate of drug-likeness (QED) is 0.628. The van der Waals surface area contributed by atoms with Crippen molar-refractivity contribution in [1.29, 1.82) is 0 Å². The predicted octanol–water partition coefficient (Wildman–Crippen LogP) is 1.23. The van der Waals surface area contributed by atoms with E-state index in [9.17, 15) is 5.11 Å². The highest BCUT2D eigenvalue weighted by Gasteiger charge is 2.22. The van der Waals surface area contributed by atoms with Crippen molar-refractivity contribution < 1.29 is 5.11 Å². The van der Waals surface area contributed by atoms with Gasteiger partial charge in [-0.2, -0.15) is 0 Å². The van der Waals surface area contributed by atoms with Crippen LogP contribution >= 0.6 is 0 Å². The fourth-order valence-corrected chi connectivity index (χ4v) is 1.06. The molecule has 62 valence electrons. The van der Waals surface area contributed by atoms with E-state index in [1.807, 2.05) is 19.1 Å². The van der Waals surface area contributed by atoms with Crippen molar-refractivity contribution in [2.24, 2.45) is 0 Å². The van der Waals surface area contributed by atoms with Crippen LogP contribution in [-0.4, -0.2) is 10.1 Å². The molecule has 1 unspecified atom stereocenters. The first-order valence-corrected chi connectivity index (χ1v) is 3.70. The average Bonchev–Trinajstić information content (AvgIpc) is 2.05. The molecule has 2 heteroatoms. The zero-order valence-electron chi connectivity index (χ0n) is 7.20. The summed E-state index contributed by atoms with van der Waals surface area (Å²) in [7, 11) is 0. The van der Waals surface area contributed by atoms with Crippen molar-refractivity contribution >= 4 is 0 Å². The van der Waals surface area contributed by atoms with Gasteiger partial charge in [-0.3, -0.25) is 4.98 Å². The number of hydrogen-bond acceptors (Lipinski definition) is 2. The van der Waals surface area contributed by atoms with Gasteiger partial charge in [0.25, 0.3) is 0 Å². The lowest BCUT2D eigenvalue weighted by atomic mass is 9.99. The number of hydrogen-bond donors (Lipinski definition) is 1. The van der Waals surface area contributed by atoms with Crippen LogP contribution in [-0.2, 0) is 5.60 Å². The molecule has 0 aliphatic heterocycles. The summed E-state index contributed by atoms with van der Waals surface area (Å²) in [6.07, 6.45) is 6.79. The lowest BCUT2D eigenvalue weighted by molar-refractivity contribution is 0.116. The van der Waals surface area contributed by atoms with Crippen LogP contribution < -0.4 is 0 Å².